The van der Waals surface area contributed by atoms with E-state index >= 15 is 0 Å². The van der Waals surface area contributed by atoms with E-state index in [9.17, 15) is 9.59 Å². The van der Waals surface area contributed by atoms with Gasteiger partial charge < -0.3 is 21.7 Å². The van der Waals surface area contributed by atoms with E-state index in [4.69, 9.17) is 16.5 Å². The lowest BCUT2D eigenvalue weighted by atomic mass is 10.1. The molecular formula is C33H35N9O2. The highest BCUT2D eigenvalue weighted by Gasteiger charge is 2.23. The van der Waals surface area contributed by atoms with E-state index in [1.54, 1.807) is 43.2 Å². The number of carbonyl (C=O) groups excluding carboxylic acids is 1. The van der Waals surface area contributed by atoms with Crippen LogP contribution in [0.3, 0.4) is 0 Å². The lowest BCUT2D eigenvalue weighted by Crippen LogP contribution is -2.40. The highest BCUT2D eigenvalue weighted by atomic mass is 16.2. The number of anilines is 3. The van der Waals surface area contributed by atoms with Crippen LogP contribution in [0.1, 0.15) is 34.5 Å². The van der Waals surface area contributed by atoms with Gasteiger partial charge in [0.15, 0.2) is 0 Å². The zero-order chi connectivity index (χ0) is 31.0. The fourth-order valence-corrected chi connectivity index (χ4v) is 5.55. The van der Waals surface area contributed by atoms with Gasteiger partial charge in [-0.3, -0.25) is 14.3 Å². The van der Waals surface area contributed by atoms with Gasteiger partial charge in [-0.05, 0) is 68.7 Å². The number of hydrogen-bond acceptors (Lipinski definition) is 8. The third-order valence-electron chi connectivity index (χ3n) is 8.15. The Bertz CT molecular complexity index is 1900. The second-order valence-electron chi connectivity index (χ2n) is 11.2. The number of benzene rings is 2. The molecule has 6 rings (SSSR count). The molecule has 5 N–H and O–H groups in total. The first-order chi connectivity index (χ1) is 21.2. The monoisotopic (exact) mass is 589 g/mol. The molecule has 1 fully saturated rings. The molecule has 1 aliphatic rings. The second-order valence-corrected chi connectivity index (χ2v) is 11.2. The van der Waals surface area contributed by atoms with Crippen molar-refractivity contribution in [3.8, 4) is 28.2 Å². The summed E-state index contributed by atoms with van der Waals surface area (Å²) in [7, 11) is 1.76. The van der Waals surface area contributed by atoms with Crippen molar-refractivity contribution in [3.63, 3.8) is 0 Å². The number of carbonyl (C=O) groups is 1. The fourth-order valence-electron chi connectivity index (χ4n) is 5.55. The maximum absolute atomic E-state index is 13.3. The largest absolute Gasteiger partial charge is 0.382 e. The number of pyridine rings is 1. The van der Waals surface area contributed by atoms with Crippen molar-refractivity contribution in [2.45, 2.75) is 32.7 Å². The van der Waals surface area contributed by atoms with Gasteiger partial charge in [-0.1, -0.05) is 24.3 Å². The molecule has 4 heterocycles. The van der Waals surface area contributed by atoms with Crippen LogP contribution in [0.4, 0.5) is 17.3 Å². The van der Waals surface area contributed by atoms with Crippen LogP contribution in [0.2, 0.25) is 0 Å². The molecule has 0 spiro atoms. The minimum absolute atomic E-state index is 0.0880. The highest BCUT2D eigenvalue weighted by molar-refractivity contribution is 6.05. The van der Waals surface area contributed by atoms with Crippen molar-refractivity contribution in [3.05, 3.63) is 100 Å². The average Bonchev–Trinajstić information content (AvgIpc) is 3.25. The van der Waals surface area contributed by atoms with Crippen molar-refractivity contribution in [2.24, 2.45) is 12.8 Å². The van der Waals surface area contributed by atoms with Crippen LogP contribution in [-0.2, 0) is 7.05 Å². The number of rotatable bonds is 6. The van der Waals surface area contributed by atoms with Crippen LogP contribution in [0.25, 0.3) is 28.2 Å². The minimum atomic E-state index is -0.479. The molecule has 11 nitrogen and oxygen atoms in total. The standard InChI is InChI=1S/C33H35N9O2/c1-20-5-4-6-26(17-20)42-33(44)29(21(2)40(42)3)32(43)38-25-9-7-22(8-10-25)30-31(35)37-19-27(39-30)23-11-14-36-28(18-23)41-15-12-24(34)13-16-41/h4-11,14,17-19,24H,12-13,15-16,34H2,1-3H3,(H2,35,37)(H,38,43). The molecule has 224 valence electrons. The number of piperidine rings is 1. The normalized spacial score (nSPS) is 13.7. The summed E-state index contributed by atoms with van der Waals surface area (Å²) < 4.78 is 3.19. The first kappa shape index (κ1) is 28.8. The van der Waals surface area contributed by atoms with E-state index in [1.807, 2.05) is 55.5 Å². The molecule has 1 amide bonds. The Morgan fingerprint density at radius 1 is 0.977 bits per heavy atom. The molecule has 0 radical (unpaired) electrons. The van der Waals surface area contributed by atoms with Crippen molar-refractivity contribution in [1.29, 1.82) is 0 Å². The lowest BCUT2D eigenvalue weighted by Gasteiger charge is -2.31. The molecule has 0 atom stereocenters. The van der Waals surface area contributed by atoms with E-state index in [0.29, 0.717) is 34.3 Å². The Kier molecular flexibility index (Phi) is 7.71. The summed E-state index contributed by atoms with van der Waals surface area (Å²) in [6.45, 7) is 5.45. The van der Waals surface area contributed by atoms with Crippen LogP contribution >= 0.6 is 0 Å². The van der Waals surface area contributed by atoms with Gasteiger partial charge in [0.2, 0.25) is 0 Å². The highest BCUT2D eigenvalue weighted by Crippen LogP contribution is 2.29. The van der Waals surface area contributed by atoms with E-state index in [0.717, 1.165) is 48.4 Å². The number of nitrogens with zero attached hydrogens (tertiary/aromatic N) is 6. The first-order valence-corrected chi connectivity index (χ1v) is 14.6. The van der Waals surface area contributed by atoms with Crippen molar-refractivity contribution >= 4 is 23.2 Å². The number of nitrogens with two attached hydrogens (primary N) is 2. The number of hydrogen-bond donors (Lipinski definition) is 3. The Balaban J connectivity index is 1.22. The summed E-state index contributed by atoms with van der Waals surface area (Å²) in [5.74, 6) is 0.697. The van der Waals surface area contributed by atoms with Gasteiger partial charge >= 0.3 is 0 Å². The number of aromatic nitrogens is 5. The molecule has 0 unspecified atom stereocenters. The van der Waals surface area contributed by atoms with E-state index in [2.05, 4.69) is 20.2 Å². The van der Waals surface area contributed by atoms with Gasteiger partial charge in [-0.25, -0.2) is 19.6 Å². The average molecular weight is 590 g/mol. The zero-order valence-electron chi connectivity index (χ0n) is 25.0. The van der Waals surface area contributed by atoms with Crippen LogP contribution in [0.15, 0.2) is 77.9 Å². The van der Waals surface area contributed by atoms with Gasteiger partial charge in [0.05, 0.1) is 23.3 Å². The van der Waals surface area contributed by atoms with Crippen LogP contribution in [0, 0.1) is 13.8 Å². The van der Waals surface area contributed by atoms with Crippen molar-refractivity contribution in [2.75, 3.05) is 29.0 Å². The molecule has 44 heavy (non-hydrogen) atoms. The smallest absolute Gasteiger partial charge is 0.284 e. The summed E-state index contributed by atoms with van der Waals surface area (Å²) in [6, 6.07) is 18.9. The molecule has 0 saturated carbocycles. The number of nitrogens with one attached hydrogen (secondary N) is 1. The summed E-state index contributed by atoms with van der Waals surface area (Å²) in [4.78, 5) is 42.7. The van der Waals surface area contributed by atoms with E-state index in [-0.39, 0.29) is 17.2 Å². The topological polar surface area (TPSA) is 150 Å². The van der Waals surface area contributed by atoms with E-state index in [1.165, 1.54) is 4.68 Å². The molecule has 3 aromatic heterocycles. The summed E-state index contributed by atoms with van der Waals surface area (Å²) in [6.07, 6.45) is 5.30. The van der Waals surface area contributed by atoms with Gasteiger partial charge in [0.1, 0.15) is 22.9 Å². The third kappa shape index (κ3) is 5.57. The molecule has 1 saturated heterocycles. The predicted octanol–water partition coefficient (Wildman–Crippen LogP) is 4.07. The molecule has 11 heteroatoms. The Morgan fingerprint density at radius 2 is 1.73 bits per heavy atom. The fraction of sp³-hybridized carbons (Fsp3) is 0.242. The van der Waals surface area contributed by atoms with Crippen LogP contribution < -0.4 is 27.2 Å². The van der Waals surface area contributed by atoms with Gasteiger partial charge in [0.25, 0.3) is 11.5 Å². The minimum Gasteiger partial charge on any atom is -0.382 e. The number of amides is 1. The van der Waals surface area contributed by atoms with Gasteiger partial charge in [-0.15, -0.1) is 0 Å². The summed E-state index contributed by atoms with van der Waals surface area (Å²) >= 11 is 0. The second kappa shape index (κ2) is 11.8. The van der Waals surface area contributed by atoms with Crippen molar-refractivity contribution < 1.29 is 4.79 Å². The van der Waals surface area contributed by atoms with Gasteiger partial charge in [-0.2, -0.15) is 0 Å². The van der Waals surface area contributed by atoms with Gasteiger partial charge in [0, 0.05) is 49.2 Å². The summed E-state index contributed by atoms with van der Waals surface area (Å²) in [5.41, 5.74) is 17.7. The zero-order valence-corrected chi connectivity index (χ0v) is 25.0. The Labute approximate surface area is 255 Å². The SMILES string of the molecule is Cc1cccc(-n2c(=O)c(C(=O)Nc3ccc(-c4nc(-c5ccnc(N6CCC(N)CC6)c5)cnc4N)cc3)c(C)n2C)c1. The molecule has 5 aromatic rings. The molecule has 1 aliphatic heterocycles. The molecular weight excluding hydrogens is 554 g/mol. The quantitative estimate of drug-likeness (QED) is 0.268. The molecule has 0 bridgehead atoms. The Hall–Kier alpha value is -5.29. The van der Waals surface area contributed by atoms with Crippen LogP contribution in [0.5, 0.6) is 0 Å². The predicted molar refractivity (Wildman–Crippen MR) is 173 cm³/mol. The summed E-state index contributed by atoms with van der Waals surface area (Å²) in [5, 5.41) is 2.86. The van der Waals surface area contributed by atoms with Crippen molar-refractivity contribution in [1.82, 2.24) is 24.3 Å². The number of nitrogen functional groups attached to an aromatic ring is 1. The third-order valence-corrected chi connectivity index (χ3v) is 8.15. The van der Waals surface area contributed by atoms with E-state index < -0.39 is 5.91 Å². The maximum Gasteiger partial charge on any atom is 0.284 e. The molecule has 0 aliphatic carbocycles. The maximum atomic E-state index is 13.3. The van der Waals surface area contributed by atoms with Crippen LogP contribution in [-0.4, -0.2) is 49.4 Å². The molecule has 2 aromatic carbocycles. The Morgan fingerprint density at radius 3 is 2.45 bits per heavy atom. The number of aryl methyl sites for hydroxylation is 1. The first-order valence-electron chi connectivity index (χ1n) is 14.6. The lowest BCUT2D eigenvalue weighted by molar-refractivity contribution is 0.102.